The second kappa shape index (κ2) is 9.05. The predicted molar refractivity (Wildman–Crippen MR) is 137 cm³/mol. The highest BCUT2D eigenvalue weighted by Gasteiger charge is 2.22. The van der Waals surface area contributed by atoms with E-state index >= 15 is 0 Å². The number of nitrogens with zero attached hydrogens (tertiary/aromatic N) is 3. The Labute approximate surface area is 211 Å². The summed E-state index contributed by atoms with van der Waals surface area (Å²) in [6.07, 6.45) is 6.29. The molecule has 0 radical (unpaired) electrons. The molecule has 37 heavy (non-hydrogen) atoms. The van der Waals surface area contributed by atoms with Gasteiger partial charge >= 0.3 is 6.09 Å². The van der Waals surface area contributed by atoms with E-state index in [-0.39, 0.29) is 17.0 Å². The number of hydrogen-bond donors (Lipinski definition) is 3. The third kappa shape index (κ3) is 4.37. The number of primary amides is 1. The second-order valence-electron chi connectivity index (χ2n) is 9.31. The van der Waals surface area contributed by atoms with Gasteiger partial charge in [0.25, 0.3) is 5.91 Å². The zero-order valence-electron chi connectivity index (χ0n) is 19.9. The van der Waals surface area contributed by atoms with Crippen LogP contribution in [0.2, 0.25) is 0 Å². The molecule has 0 unspecified atom stereocenters. The lowest BCUT2D eigenvalue weighted by atomic mass is 10.1. The zero-order chi connectivity index (χ0) is 25.5. The molecule has 0 spiro atoms. The normalized spacial score (nSPS) is 16.3. The Morgan fingerprint density at radius 1 is 1.14 bits per heavy atom. The number of cyclic esters (lactones) is 1. The van der Waals surface area contributed by atoms with Crippen LogP contribution in [0, 0.1) is 0 Å². The van der Waals surface area contributed by atoms with Crippen molar-refractivity contribution >= 4 is 34.7 Å². The minimum Gasteiger partial charge on any atom is -0.447 e. The van der Waals surface area contributed by atoms with Gasteiger partial charge in [-0.2, -0.15) is 4.98 Å². The van der Waals surface area contributed by atoms with Gasteiger partial charge in [0.05, 0.1) is 11.4 Å². The van der Waals surface area contributed by atoms with E-state index in [0.717, 1.165) is 36.2 Å². The summed E-state index contributed by atoms with van der Waals surface area (Å²) in [6, 6.07) is 13.8. The number of ether oxygens (including phenoxy) is 1. The molecular formula is C27H24N6O4. The first-order valence-corrected chi connectivity index (χ1v) is 12.1. The van der Waals surface area contributed by atoms with Gasteiger partial charge in [0.15, 0.2) is 5.65 Å². The topological polar surface area (TPSA) is 141 Å². The van der Waals surface area contributed by atoms with Crippen LogP contribution in [-0.2, 0) is 24.0 Å². The first-order chi connectivity index (χ1) is 17.9. The Kier molecular flexibility index (Phi) is 5.56. The largest absolute Gasteiger partial charge is 0.447 e. The summed E-state index contributed by atoms with van der Waals surface area (Å²) in [7, 11) is 0. The van der Waals surface area contributed by atoms with Gasteiger partial charge in [-0.1, -0.05) is 18.2 Å². The number of aromatic nitrogens is 3. The first-order valence-electron chi connectivity index (χ1n) is 12.1. The van der Waals surface area contributed by atoms with Gasteiger partial charge in [0, 0.05) is 23.8 Å². The number of aryl methyl sites for hydroxylation is 2. The van der Waals surface area contributed by atoms with Crippen LogP contribution in [0.1, 0.15) is 33.5 Å². The highest BCUT2D eigenvalue weighted by atomic mass is 16.6. The molecule has 1 saturated heterocycles. The molecule has 4 N–H and O–H groups in total. The average molecular weight is 497 g/mol. The van der Waals surface area contributed by atoms with Crippen LogP contribution in [0.3, 0.4) is 0 Å². The molecule has 0 bridgehead atoms. The highest BCUT2D eigenvalue weighted by molar-refractivity contribution is 5.96. The lowest BCUT2D eigenvalue weighted by molar-refractivity contribution is 0.0999. The third-order valence-electron chi connectivity index (χ3n) is 6.80. The number of amides is 2. The monoisotopic (exact) mass is 496 g/mol. The van der Waals surface area contributed by atoms with Crippen molar-refractivity contribution < 1.29 is 14.3 Å². The molecule has 0 saturated carbocycles. The standard InChI is InChI=1S/C27H24N6O4/c28-24(35)22-13-33(20-9-6-16-2-1-3-17(16)11-20)25-21(23(22)34)12-29-26(32-25)30-18-7-4-15(5-8-18)10-19-14-37-27(36)31-19/h4-9,11-13,19H,1-3,10,14H2,(H2,28,35)(H,31,36)(H,29,30,32)/t19-/m0/s1. The number of nitrogens with one attached hydrogen (secondary N) is 2. The van der Waals surface area contributed by atoms with Crippen LogP contribution in [0.25, 0.3) is 16.7 Å². The highest BCUT2D eigenvalue weighted by Crippen LogP contribution is 2.26. The van der Waals surface area contributed by atoms with Gasteiger partial charge < -0.3 is 25.7 Å². The van der Waals surface area contributed by atoms with E-state index in [4.69, 9.17) is 10.5 Å². The number of alkyl carbamates (subject to hydrolysis) is 1. The fourth-order valence-corrected chi connectivity index (χ4v) is 4.93. The molecular weight excluding hydrogens is 472 g/mol. The van der Waals surface area contributed by atoms with E-state index in [0.29, 0.717) is 24.6 Å². The molecule has 2 aromatic carbocycles. The van der Waals surface area contributed by atoms with Gasteiger partial charge in [-0.15, -0.1) is 0 Å². The third-order valence-corrected chi connectivity index (χ3v) is 6.80. The number of hydrogen-bond acceptors (Lipinski definition) is 7. The number of benzene rings is 2. The van der Waals surface area contributed by atoms with E-state index in [9.17, 15) is 14.4 Å². The molecule has 1 aliphatic carbocycles. The van der Waals surface area contributed by atoms with Crippen molar-refractivity contribution in [2.45, 2.75) is 31.7 Å². The van der Waals surface area contributed by atoms with Crippen LogP contribution in [-0.4, -0.2) is 39.2 Å². The maximum atomic E-state index is 13.0. The van der Waals surface area contributed by atoms with Gasteiger partial charge in [-0.3, -0.25) is 9.59 Å². The Bertz CT molecular complexity index is 1610. The van der Waals surface area contributed by atoms with Crippen molar-refractivity contribution in [1.29, 1.82) is 0 Å². The number of pyridine rings is 1. The van der Waals surface area contributed by atoms with Crippen LogP contribution in [0.15, 0.2) is 59.7 Å². The summed E-state index contributed by atoms with van der Waals surface area (Å²) >= 11 is 0. The average Bonchev–Trinajstić information content (AvgIpc) is 3.53. The van der Waals surface area contributed by atoms with Crippen LogP contribution >= 0.6 is 0 Å². The van der Waals surface area contributed by atoms with Gasteiger partial charge in [-0.05, 0) is 66.6 Å². The lowest BCUT2D eigenvalue weighted by Crippen LogP contribution is -2.28. The van der Waals surface area contributed by atoms with Crippen molar-refractivity contribution in [3.8, 4) is 5.69 Å². The summed E-state index contributed by atoms with van der Waals surface area (Å²) < 4.78 is 6.66. The number of carbonyl (C=O) groups excluding carboxylic acids is 2. The summed E-state index contributed by atoms with van der Waals surface area (Å²) in [5.74, 6) is -0.495. The molecule has 2 aromatic heterocycles. The molecule has 1 atom stereocenters. The van der Waals surface area contributed by atoms with E-state index in [1.54, 1.807) is 4.57 Å². The van der Waals surface area contributed by atoms with Crippen molar-refractivity contribution in [2.24, 2.45) is 5.73 Å². The van der Waals surface area contributed by atoms with E-state index in [2.05, 4.69) is 32.7 Å². The summed E-state index contributed by atoms with van der Waals surface area (Å²) in [6.45, 7) is 0.354. The quantitative estimate of drug-likeness (QED) is 0.373. The van der Waals surface area contributed by atoms with Crippen LogP contribution in [0.5, 0.6) is 0 Å². The maximum Gasteiger partial charge on any atom is 0.407 e. The number of anilines is 2. The van der Waals surface area contributed by atoms with Crippen LogP contribution < -0.4 is 21.8 Å². The van der Waals surface area contributed by atoms with E-state index in [1.165, 1.54) is 23.5 Å². The first kappa shape index (κ1) is 22.7. The Balaban J connectivity index is 1.34. The molecule has 10 heteroatoms. The fourth-order valence-electron chi connectivity index (χ4n) is 4.93. The number of fused-ring (bicyclic) bond motifs is 2. The maximum absolute atomic E-state index is 13.0. The number of carbonyl (C=O) groups is 2. The van der Waals surface area contributed by atoms with Crippen molar-refractivity contribution in [3.63, 3.8) is 0 Å². The van der Waals surface area contributed by atoms with Crippen molar-refractivity contribution in [3.05, 3.63) is 87.3 Å². The van der Waals surface area contributed by atoms with E-state index in [1.807, 2.05) is 30.3 Å². The molecule has 4 aromatic rings. The SMILES string of the molecule is NC(=O)c1cn(-c2ccc3c(c2)CCC3)c2nc(Nc3ccc(C[C@H]4COC(=O)N4)cc3)ncc2c1=O. The summed E-state index contributed by atoms with van der Waals surface area (Å²) in [4.78, 5) is 45.2. The zero-order valence-corrected chi connectivity index (χ0v) is 19.9. The molecule has 6 rings (SSSR count). The fraction of sp³-hybridized carbons (Fsp3) is 0.222. The van der Waals surface area contributed by atoms with Gasteiger partial charge in [0.2, 0.25) is 11.4 Å². The summed E-state index contributed by atoms with van der Waals surface area (Å²) in [5, 5.41) is 6.15. The van der Waals surface area contributed by atoms with Crippen molar-refractivity contribution in [1.82, 2.24) is 19.9 Å². The molecule has 1 aliphatic heterocycles. The Hall–Kier alpha value is -4.73. The minimum atomic E-state index is -0.798. The summed E-state index contributed by atoms with van der Waals surface area (Å²) in [5.41, 5.74) is 10.4. The smallest absolute Gasteiger partial charge is 0.407 e. The second-order valence-corrected chi connectivity index (χ2v) is 9.31. The minimum absolute atomic E-state index is 0.0450. The van der Waals surface area contributed by atoms with Crippen LogP contribution in [0.4, 0.5) is 16.4 Å². The molecule has 2 amide bonds. The molecule has 2 aliphatic rings. The predicted octanol–water partition coefficient (Wildman–Crippen LogP) is 2.76. The number of nitrogens with two attached hydrogens (primary N) is 1. The molecule has 1 fully saturated rings. The Morgan fingerprint density at radius 2 is 1.95 bits per heavy atom. The van der Waals surface area contributed by atoms with Gasteiger partial charge in [-0.25, -0.2) is 9.78 Å². The van der Waals surface area contributed by atoms with E-state index < -0.39 is 17.4 Å². The lowest BCUT2D eigenvalue weighted by Gasteiger charge is -2.14. The molecule has 186 valence electrons. The van der Waals surface area contributed by atoms with Gasteiger partial charge in [0.1, 0.15) is 12.2 Å². The molecule has 10 nitrogen and oxygen atoms in total. The molecule has 3 heterocycles. The number of rotatable bonds is 6. The Morgan fingerprint density at radius 3 is 2.70 bits per heavy atom. The van der Waals surface area contributed by atoms with Crippen molar-refractivity contribution in [2.75, 3.05) is 11.9 Å².